The van der Waals surface area contributed by atoms with E-state index in [4.69, 9.17) is 16.3 Å². The molecule has 3 aromatic carbocycles. The SMILES string of the molecule is COc1ccc(NS(=O)(=O)c2cc(C(=O)Nc3ccc(C)cc3C)ccc2Cl)cc1. The number of sulfonamides is 1. The molecule has 0 aliphatic rings. The number of rotatable bonds is 6. The average Bonchev–Trinajstić information content (AvgIpc) is 2.70. The van der Waals surface area contributed by atoms with Crippen LogP contribution in [0.5, 0.6) is 5.75 Å². The summed E-state index contributed by atoms with van der Waals surface area (Å²) in [5.41, 5.74) is 3.16. The van der Waals surface area contributed by atoms with Gasteiger partial charge in [-0.25, -0.2) is 8.42 Å². The molecular formula is C22H21ClN2O4S. The number of carbonyl (C=O) groups is 1. The molecule has 0 aromatic heterocycles. The molecule has 2 N–H and O–H groups in total. The lowest BCUT2D eigenvalue weighted by molar-refractivity contribution is 0.102. The van der Waals surface area contributed by atoms with Crippen LogP contribution in [-0.2, 0) is 10.0 Å². The summed E-state index contributed by atoms with van der Waals surface area (Å²) in [6.45, 7) is 3.85. The summed E-state index contributed by atoms with van der Waals surface area (Å²) in [4.78, 5) is 12.5. The van der Waals surface area contributed by atoms with E-state index in [1.165, 1.54) is 25.3 Å². The molecule has 3 rings (SSSR count). The fourth-order valence-corrected chi connectivity index (χ4v) is 4.45. The molecule has 0 atom stereocenters. The standard InChI is InChI=1S/C22H21ClN2O4S/c1-14-4-11-20(15(2)12-14)24-22(26)16-5-10-19(23)21(13-16)30(27,28)25-17-6-8-18(29-3)9-7-17/h4-13,25H,1-3H3,(H,24,26). The molecule has 0 spiro atoms. The minimum atomic E-state index is -4.01. The van der Waals surface area contributed by atoms with Crippen LogP contribution in [0.2, 0.25) is 5.02 Å². The van der Waals surface area contributed by atoms with Crippen LogP contribution in [-0.4, -0.2) is 21.4 Å². The van der Waals surface area contributed by atoms with Crippen LogP contribution in [0.1, 0.15) is 21.5 Å². The Bertz CT molecular complexity index is 1190. The van der Waals surface area contributed by atoms with Crippen molar-refractivity contribution in [2.24, 2.45) is 0 Å². The topological polar surface area (TPSA) is 84.5 Å². The molecule has 156 valence electrons. The van der Waals surface area contributed by atoms with Gasteiger partial charge in [0.2, 0.25) is 0 Å². The van der Waals surface area contributed by atoms with Gasteiger partial charge in [-0.1, -0.05) is 29.3 Å². The van der Waals surface area contributed by atoms with E-state index < -0.39 is 15.9 Å². The van der Waals surface area contributed by atoms with Crippen molar-refractivity contribution in [2.75, 3.05) is 17.1 Å². The van der Waals surface area contributed by atoms with Gasteiger partial charge in [0.15, 0.2) is 0 Å². The number of hydrogen-bond donors (Lipinski definition) is 2. The fraction of sp³-hybridized carbons (Fsp3) is 0.136. The van der Waals surface area contributed by atoms with Gasteiger partial charge in [0.05, 0.1) is 12.1 Å². The third-order valence-corrected chi connectivity index (χ3v) is 6.32. The maximum atomic E-state index is 12.8. The zero-order valence-electron chi connectivity index (χ0n) is 16.7. The van der Waals surface area contributed by atoms with Gasteiger partial charge in [-0.05, 0) is 67.9 Å². The van der Waals surface area contributed by atoms with E-state index >= 15 is 0 Å². The maximum Gasteiger partial charge on any atom is 0.263 e. The monoisotopic (exact) mass is 444 g/mol. The minimum absolute atomic E-state index is 0.0130. The Morgan fingerprint density at radius 2 is 1.67 bits per heavy atom. The van der Waals surface area contributed by atoms with Crippen LogP contribution in [0.3, 0.4) is 0 Å². The summed E-state index contributed by atoms with van der Waals surface area (Å²) in [5.74, 6) is 0.167. The predicted molar refractivity (Wildman–Crippen MR) is 119 cm³/mol. The van der Waals surface area contributed by atoms with Crippen molar-refractivity contribution in [3.8, 4) is 5.75 Å². The molecule has 0 bridgehead atoms. The van der Waals surface area contributed by atoms with Crippen LogP contribution in [0, 0.1) is 13.8 Å². The smallest absolute Gasteiger partial charge is 0.263 e. The summed E-state index contributed by atoms with van der Waals surface area (Å²) >= 11 is 6.13. The second-order valence-electron chi connectivity index (χ2n) is 6.75. The van der Waals surface area contributed by atoms with Crippen molar-refractivity contribution in [1.29, 1.82) is 0 Å². The van der Waals surface area contributed by atoms with Gasteiger partial charge in [-0.15, -0.1) is 0 Å². The van der Waals surface area contributed by atoms with E-state index in [-0.39, 0.29) is 15.5 Å². The first-order chi connectivity index (χ1) is 14.2. The first-order valence-corrected chi connectivity index (χ1v) is 10.9. The molecule has 8 heteroatoms. The second-order valence-corrected chi connectivity index (χ2v) is 8.81. The Hall–Kier alpha value is -3.03. The quantitative estimate of drug-likeness (QED) is 0.559. The lowest BCUT2D eigenvalue weighted by atomic mass is 10.1. The van der Waals surface area contributed by atoms with Crippen LogP contribution in [0.15, 0.2) is 65.6 Å². The Morgan fingerprint density at radius 3 is 2.30 bits per heavy atom. The summed E-state index contributed by atoms with van der Waals surface area (Å²) in [6.07, 6.45) is 0. The number of anilines is 2. The van der Waals surface area contributed by atoms with Crippen LogP contribution < -0.4 is 14.8 Å². The van der Waals surface area contributed by atoms with E-state index in [1.807, 2.05) is 26.0 Å². The van der Waals surface area contributed by atoms with E-state index in [0.29, 0.717) is 17.1 Å². The molecule has 6 nitrogen and oxygen atoms in total. The molecule has 0 fully saturated rings. The molecule has 1 amide bonds. The van der Waals surface area contributed by atoms with Crippen LogP contribution in [0.4, 0.5) is 11.4 Å². The molecule has 0 heterocycles. The number of halogens is 1. The van der Waals surface area contributed by atoms with E-state index in [2.05, 4.69) is 10.0 Å². The number of methoxy groups -OCH3 is 1. The summed E-state index contributed by atoms with van der Waals surface area (Å²) in [6, 6.07) is 16.2. The Balaban J connectivity index is 1.86. The predicted octanol–water partition coefficient (Wildman–Crippen LogP) is 5.02. The Labute approximate surface area is 180 Å². The zero-order chi connectivity index (χ0) is 21.9. The van der Waals surface area contributed by atoms with Crippen molar-refractivity contribution < 1.29 is 17.9 Å². The minimum Gasteiger partial charge on any atom is -0.497 e. The number of ether oxygens (including phenoxy) is 1. The second kappa shape index (κ2) is 8.77. The van der Waals surface area contributed by atoms with E-state index in [9.17, 15) is 13.2 Å². The van der Waals surface area contributed by atoms with Gasteiger partial charge < -0.3 is 10.1 Å². The maximum absolute atomic E-state index is 12.8. The van der Waals surface area contributed by atoms with Crippen molar-refractivity contribution in [2.45, 2.75) is 18.7 Å². The first-order valence-electron chi connectivity index (χ1n) is 9.04. The van der Waals surface area contributed by atoms with Gasteiger partial charge >= 0.3 is 0 Å². The van der Waals surface area contributed by atoms with Crippen molar-refractivity contribution in [3.63, 3.8) is 0 Å². The van der Waals surface area contributed by atoms with Gasteiger partial charge in [-0.3, -0.25) is 9.52 Å². The highest BCUT2D eigenvalue weighted by Crippen LogP contribution is 2.26. The normalized spacial score (nSPS) is 11.1. The first kappa shape index (κ1) is 21.7. The average molecular weight is 445 g/mol. The fourth-order valence-electron chi connectivity index (χ4n) is 2.87. The van der Waals surface area contributed by atoms with Gasteiger partial charge in [0.25, 0.3) is 15.9 Å². The van der Waals surface area contributed by atoms with Crippen molar-refractivity contribution >= 4 is 38.9 Å². The molecule has 0 unspecified atom stereocenters. The third-order valence-electron chi connectivity index (χ3n) is 4.46. The Morgan fingerprint density at radius 1 is 0.967 bits per heavy atom. The largest absolute Gasteiger partial charge is 0.497 e. The lowest BCUT2D eigenvalue weighted by Gasteiger charge is -2.13. The molecule has 0 radical (unpaired) electrons. The number of amides is 1. The highest BCUT2D eigenvalue weighted by molar-refractivity contribution is 7.92. The number of carbonyl (C=O) groups excluding carboxylic acids is 1. The molecule has 0 saturated carbocycles. The summed E-state index contributed by atoms with van der Waals surface area (Å²) < 4.78 is 33.2. The van der Waals surface area contributed by atoms with E-state index in [1.54, 1.807) is 30.3 Å². The molecular weight excluding hydrogens is 424 g/mol. The molecule has 0 aliphatic heterocycles. The highest BCUT2D eigenvalue weighted by atomic mass is 35.5. The summed E-state index contributed by atoms with van der Waals surface area (Å²) in [7, 11) is -2.49. The number of hydrogen-bond acceptors (Lipinski definition) is 4. The Kier molecular flexibility index (Phi) is 6.34. The highest BCUT2D eigenvalue weighted by Gasteiger charge is 2.21. The molecule has 0 saturated heterocycles. The number of nitrogens with one attached hydrogen (secondary N) is 2. The van der Waals surface area contributed by atoms with Crippen LogP contribution >= 0.6 is 11.6 Å². The number of benzene rings is 3. The van der Waals surface area contributed by atoms with Crippen molar-refractivity contribution in [1.82, 2.24) is 0 Å². The molecule has 0 aliphatic carbocycles. The van der Waals surface area contributed by atoms with Gasteiger partial charge in [-0.2, -0.15) is 0 Å². The molecule has 30 heavy (non-hydrogen) atoms. The number of aryl methyl sites for hydroxylation is 2. The van der Waals surface area contributed by atoms with Gasteiger partial charge in [0.1, 0.15) is 10.6 Å². The lowest BCUT2D eigenvalue weighted by Crippen LogP contribution is -2.17. The third kappa shape index (κ3) is 4.93. The zero-order valence-corrected chi connectivity index (χ0v) is 18.3. The summed E-state index contributed by atoms with van der Waals surface area (Å²) in [5, 5.41) is 2.82. The van der Waals surface area contributed by atoms with Gasteiger partial charge in [0, 0.05) is 16.9 Å². The molecule has 3 aromatic rings. The van der Waals surface area contributed by atoms with Crippen LogP contribution in [0.25, 0.3) is 0 Å². The van der Waals surface area contributed by atoms with E-state index in [0.717, 1.165) is 11.1 Å². The van der Waals surface area contributed by atoms with Crippen molar-refractivity contribution in [3.05, 3.63) is 82.4 Å².